The minimum absolute atomic E-state index is 0.0850. The van der Waals surface area contributed by atoms with Gasteiger partial charge in [0.15, 0.2) is 0 Å². The molecule has 3 aromatic rings. The first-order valence-electron chi connectivity index (χ1n) is 8.30. The van der Waals surface area contributed by atoms with Gasteiger partial charge in [-0.3, -0.25) is 9.69 Å². The summed E-state index contributed by atoms with van der Waals surface area (Å²) in [7, 11) is 0. The molecule has 1 aliphatic rings. The number of carboxylic acid groups (broad SMARTS) is 1. The van der Waals surface area contributed by atoms with Crippen LogP contribution in [0.15, 0.2) is 48.5 Å². The van der Waals surface area contributed by atoms with Crippen molar-refractivity contribution in [1.82, 2.24) is 9.88 Å². The SMILES string of the molecule is O=C(O)Cc1ccccc1CN1CCc2c([nH]c3ccccc23)C1. The third-order valence-corrected chi connectivity index (χ3v) is 4.82. The van der Waals surface area contributed by atoms with Gasteiger partial charge >= 0.3 is 5.97 Å². The Hall–Kier alpha value is -2.59. The maximum Gasteiger partial charge on any atom is 0.307 e. The molecular weight excluding hydrogens is 300 g/mol. The van der Waals surface area contributed by atoms with E-state index in [1.807, 2.05) is 24.3 Å². The van der Waals surface area contributed by atoms with Crippen LogP contribution in [0.3, 0.4) is 0 Å². The lowest BCUT2D eigenvalue weighted by Crippen LogP contribution is -2.30. The van der Waals surface area contributed by atoms with Gasteiger partial charge in [0, 0.05) is 36.2 Å². The molecule has 0 spiro atoms. The van der Waals surface area contributed by atoms with Crippen LogP contribution in [0.25, 0.3) is 10.9 Å². The molecule has 2 N–H and O–H groups in total. The molecule has 0 bridgehead atoms. The number of carbonyl (C=O) groups is 1. The van der Waals surface area contributed by atoms with E-state index >= 15 is 0 Å². The van der Waals surface area contributed by atoms with E-state index in [-0.39, 0.29) is 6.42 Å². The Morgan fingerprint density at radius 3 is 2.67 bits per heavy atom. The second-order valence-electron chi connectivity index (χ2n) is 6.43. The first-order chi connectivity index (χ1) is 11.7. The molecule has 24 heavy (non-hydrogen) atoms. The zero-order valence-electron chi connectivity index (χ0n) is 13.5. The molecule has 1 aliphatic heterocycles. The molecular formula is C20H20N2O2. The van der Waals surface area contributed by atoms with Crippen molar-refractivity contribution in [3.05, 3.63) is 70.9 Å². The van der Waals surface area contributed by atoms with E-state index in [9.17, 15) is 4.79 Å². The second kappa shape index (κ2) is 6.13. The zero-order valence-corrected chi connectivity index (χ0v) is 13.5. The van der Waals surface area contributed by atoms with E-state index in [0.29, 0.717) is 0 Å². The number of H-pyrrole nitrogens is 1. The lowest BCUT2D eigenvalue weighted by Gasteiger charge is -2.27. The van der Waals surface area contributed by atoms with Gasteiger partial charge in [0.25, 0.3) is 0 Å². The van der Waals surface area contributed by atoms with Crippen molar-refractivity contribution >= 4 is 16.9 Å². The molecule has 0 unspecified atom stereocenters. The summed E-state index contributed by atoms with van der Waals surface area (Å²) >= 11 is 0. The van der Waals surface area contributed by atoms with Gasteiger partial charge in [-0.1, -0.05) is 42.5 Å². The van der Waals surface area contributed by atoms with E-state index in [0.717, 1.165) is 37.2 Å². The van der Waals surface area contributed by atoms with Crippen molar-refractivity contribution in [2.24, 2.45) is 0 Å². The Kier molecular flexibility index (Phi) is 3.82. The first kappa shape index (κ1) is 15.0. The molecule has 4 nitrogen and oxygen atoms in total. The summed E-state index contributed by atoms with van der Waals surface area (Å²) in [6.45, 7) is 2.67. The van der Waals surface area contributed by atoms with Crippen molar-refractivity contribution in [1.29, 1.82) is 0 Å². The minimum atomic E-state index is -0.779. The number of aromatic amines is 1. The number of hydrogen-bond acceptors (Lipinski definition) is 2. The fourth-order valence-corrected chi connectivity index (χ4v) is 3.67. The third-order valence-electron chi connectivity index (χ3n) is 4.82. The van der Waals surface area contributed by atoms with Gasteiger partial charge in [0.05, 0.1) is 6.42 Å². The molecule has 122 valence electrons. The second-order valence-corrected chi connectivity index (χ2v) is 6.43. The van der Waals surface area contributed by atoms with Gasteiger partial charge in [0.1, 0.15) is 0 Å². The average Bonchev–Trinajstić information content (AvgIpc) is 2.94. The van der Waals surface area contributed by atoms with Crippen LogP contribution in [0.2, 0.25) is 0 Å². The fourth-order valence-electron chi connectivity index (χ4n) is 3.67. The average molecular weight is 320 g/mol. The topological polar surface area (TPSA) is 56.3 Å². The van der Waals surface area contributed by atoms with Crippen LogP contribution < -0.4 is 0 Å². The number of aliphatic carboxylic acids is 1. The van der Waals surface area contributed by atoms with Crippen LogP contribution in [0.1, 0.15) is 22.4 Å². The third kappa shape index (κ3) is 2.81. The first-order valence-corrected chi connectivity index (χ1v) is 8.30. The number of rotatable bonds is 4. The lowest BCUT2D eigenvalue weighted by atomic mass is 10.0. The monoisotopic (exact) mass is 320 g/mol. The molecule has 0 saturated heterocycles. The van der Waals surface area contributed by atoms with Crippen molar-refractivity contribution in [2.75, 3.05) is 6.54 Å². The molecule has 1 aromatic heterocycles. The number of hydrogen-bond donors (Lipinski definition) is 2. The highest BCUT2D eigenvalue weighted by Crippen LogP contribution is 2.28. The molecule has 0 saturated carbocycles. The summed E-state index contributed by atoms with van der Waals surface area (Å²) < 4.78 is 0. The van der Waals surface area contributed by atoms with Crippen LogP contribution >= 0.6 is 0 Å². The summed E-state index contributed by atoms with van der Waals surface area (Å²) in [5.41, 5.74) is 5.95. The number of carboxylic acids is 1. The van der Waals surface area contributed by atoms with Gasteiger partial charge in [-0.25, -0.2) is 0 Å². The Bertz CT molecular complexity index is 898. The predicted molar refractivity (Wildman–Crippen MR) is 93.9 cm³/mol. The summed E-state index contributed by atoms with van der Waals surface area (Å²) in [5, 5.41) is 10.4. The van der Waals surface area contributed by atoms with Gasteiger partial charge < -0.3 is 10.1 Å². The van der Waals surface area contributed by atoms with Gasteiger partial charge in [-0.2, -0.15) is 0 Å². The van der Waals surface area contributed by atoms with Crippen molar-refractivity contribution in [3.63, 3.8) is 0 Å². The Morgan fingerprint density at radius 1 is 1.08 bits per heavy atom. The molecule has 0 radical (unpaired) electrons. The van der Waals surface area contributed by atoms with E-state index < -0.39 is 5.97 Å². The minimum Gasteiger partial charge on any atom is -0.481 e. The summed E-state index contributed by atoms with van der Waals surface area (Å²) in [4.78, 5) is 17.0. The highest BCUT2D eigenvalue weighted by atomic mass is 16.4. The molecule has 4 heteroatoms. The smallest absolute Gasteiger partial charge is 0.307 e. The number of benzene rings is 2. The molecule has 4 rings (SSSR count). The Balaban J connectivity index is 1.56. The highest BCUT2D eigenvalue weighted by molar-refractivity contribution is 5.84. The number of nitrogens with one attached hydrogen (secondary N) is 1. The fraction of sp³-hybridized carbons (Fsp3) is 0.250. The van der Waals surface area contributed by atoms with E-state index in [1.54, 1.807) is 0 Å². The Morgan fingerprint density at radius 2 is 1.83 bits per heavy atom. The predicted octanol–water partition coefficient (Wildman–Crippen LogP) is 3.35. The number of para-hydroxylation sites is 1. The molecule has 0 fully saturated rings. The summed E-state index contributed by atoms with van der Waals surface area (Å²) in [5.74, 6) is -0.779. The van der Waals surface area contributed by atoms with Gasteiger partial charge in [-0.15, -0.1) is 0 Å². The lowest BCUT2D eigenvalue weighted by molar-refractivity contribution is -0.136. The van der Waals surface area contributed by atoms with Crippen molar-refractivity contribution < 1.29 is 9.90 Å². The van der Waals surface area contributed by atoms with Crippen molar-refractivity contribution in [3.8, 4) is 0 Å². The molecule has 2 heterocycles. The number of fused-ring (bicyclic) bond motifs is 3. The van der Waals surface area contributed by atoms with Crippen molar-refractivity contribution in [2.45, 2.75) is 25.9 Å². The standard InChI is InChI=1S/C20H20N2O2/c23-20(24)11-14-5-1-2-6-15(14)12-22-10-9-17-16-7-3-4-8-18(16)21-19(17)13-22/h1-8,21H,9-13H2,(H,23,24). The largest absolute Gasteiger partial charge is 0.481 e. The highest BCUT2D eigenvalue weighted by Gasteiger charge is 2.21. The molecule has 2 aromatic carbocycles. The summed E-state index contributed by atoms with van der Waals surface area (Å²) in [6, 6.07) is 16.3. The molecule has 0 amide bonds. The van der Waals surface area contributed by atoms with Crippen LogP contribution in [0, 0.1) is 0 Å². The van der Waals surface area contributed by atoms with Crippen LogP contribution in [0.4, 0.5) is 0 Å². The quantitative estimate of drug-likeness (QED) is 0.775. The van der Waals surface area contributed by atoms with Crippen LogP contribution in [-0.4, -0.2) is 27.5 Å². The van der Waals surface area contributed by atoms with E-state index in [1.165, 1.54) is 22.2 Å². The number of aromatic nitrogens is 1. The van der Waals surface area contributed by atoms with E-state index in [4.69, 9.17) is 5.11 Å². The summed E-state index contributed by atoms with van der Waals surface area (Å²) in [6.07, 6.45) is 1.11. The maximum atomic E-state index is 11.1. The van der Waals surface area contributed by atoms with Gasteiger partial charge in [-0.05, 0) is 29.2 Å². The van der Waals surface area contributed by atoms with Crippen LogP contribution in [-0.2, 0) is 30.7 Å². The Labute approximate surface area is 140 Å². The normalized spacial score (nSPS) is 14.7. The van der Waals surface area contributed by atoms with Gasteiger partial charge in [0.2, 0.25) is 0 Å². The maximum absolute atomic E-state index is 11.1. The molecule has 0 aliphatic carbocycles. The zero-order chi connectivity index (χ0) is 16.5. The van der Waals surface area contributed by atoms with E-state index in [2.05, 4.69) is 34.1 Å². The number of nitrogens with zero attached hydrogens (tertiary/aromatic N) is 1. The molecule has 0 atom stereocenters. The van der Waals surface area contributed by atoms with Crippen LogP contribution in [0.5, 0.6) is 0 Å².